The number of fused-ring (bicyclic) bond motifs is 14. The van der Waals surface area contributed by atoms with E-state index in [0.29, 0.717) is 121 Å². The quantitative estimate of drug-likeness (QED) is 0.0269. The number of carboxylic acid groups (broad SMARTS) is 3. The van der Waals surface area contributed by atoms with Gasteiger partial charge in [-0.25, -0.2) is 39.7 Å². The Bertz CT molecular complexity index is 4290. The molecule has 5 atom stereocenters. The molecular weight excluding hydrogens is 1420 g/mol. The predicted octanol–water partition coefficient (Wildman–Crippen LogP) is 10.8. The second-order valence-electron chi connectivity index (χ2n) is 24.5. The van der Waals surface area contributed by atoms with E-state index in [0.717, 1.165) is 45.3 Å². The van der Waals surface area contributed by atoms with Gasteiger partial charge < -0.3 is 56.5 Å². The number of aliphatic carboxylic acids is 3. The molecule has 101 heavy (non-hydrogen) atoms. The zero-order valence-electron chi connectivity index (χ0n) is 55.6. The Labute approximate surface area is 603 Å². The molecule has 7 aromatic heterocycles. The Morgan fingerprint density at radius 3 is 2.08 bits per heavy atom. The van der Waals surface area contributed by atoms with Crippen LogP contribution in [0.1, 0.15) is 183 Å². The van der Waals surface area contributed by atoms with Crippen molar-refractivity contribution in [3.8, 4) is 43.4 Å². The lowest BCUT2D eigenvalue weighted by molar-refractivity contribution is -0.144. The fourth-order valence-corrected chi connectivity index (χ4v) is 17.1. The third-order valence-electron chi connectivity index (χ3n) is 17.0. The molecule has 2 aliphatic rings. The first kappa shape index (κ1) is 74.8. The summed E-state index contributed by atoms with van der Waals surface area (Å²) >= 11 is 6.94. The van der Waals surface area contributed by atoms with Crippen molar-refractivity contribution in [2.75, 3.05) is 32.1 Å². The molecule has 9 N–H and O–H groups in total. The number of nitrogens with zero attached hydrogens (tertiary/aromatic N) is 8. The molecule has 0 saturated heterocycles. The van der Waals surface area contributed by atoms with Crippen LogP contribution in [-0.4, -0.2) is 142 Å². The van der Waals surface area contributed by atoms with E-state index < -0.39 is 102 Å². The molecule has 28 nitrogen and oxygen atoms in total. The van der Waals surface area contributed by atoms with Crippen molar-refractivity contribution in [2.24, 2.45) is 17.8 Å². The topological polar surface area (TPSA) is 407 Å². The number of aliphatic hydroxyl groups excluding tert-OH is 1. The van der Waals surface area contributed by atoms with E-state index >= 15 is 0 Å². The van der Waals surface area contributed by atoms with Crippen molar-refractivity contribution in [2.45, 2.75) is 141 Å². The Kier molecular flexibility index (Phi) is 25.7. The van der Waals surface area contributed by atoms with E-state index in [4.69, 9.17) is 49.5 Å². The fraction of sp³-hybridized carbons (Fsp3) is 0.433. The van der Waals surface area contributed by atoms with E-state index in [1.54, 1.807) is 70.9 Å². The van der Waals surface area contributed by atoms with E-state index in [-0.39, 0.29) is 78.4 Å². The van der Waals surface area contributed by atoms with Crippen LogP contribution >= 0.6 is 68.0 Å². The number of ether oxygens (including phenoxy) is 2. The molecule has 0 spiro atoms. The molecule has 1 saturated carbocycles. The maximum atomic E-state index is 14.5. The number of unbranched alkanes of at least 4 members (excludes halogenated alkanes) is 3. The molecule has 1 aromatic carbocycles. The maximum Gasteiger partial charge on any atom is 0.415 e. The zero-order chi connectivity index (χ0) is 72.0. The van der Waals surface area contributed by atoms with Crippen LogP contribution in [0.3, 0.4) is 0 Å². The number of pyridine rings is 1. The first-order valence-corrected chi connectivity index (χ1v) is 37.8. The minimum atomic E-state index is -1.32. The lowest BCUT2D eigenvalue weighted by Gasteiger charge is -2.28. The highest BCUT2D eigenvalue weighted by Gasteiger charge is 2.35. The monoisotopic (exact) mass is 1490 g/mol. The Balaban J connectivity index is 1.01. The second-order valence-corrected chi connectivity index (χ2v) is 30.3. The van der Waals surface area contributed by atoms with Gasteiger partial charge in [0.05, 0.1) is 54.1 Å². The van der Waals surface area contributed by atoms with Crippen molar-refractivity contribution in [3.05, 3.63) is 111 Å². The number of aromatic nitrogens is 7. The molecule has 8 heterocycles. The first-order valence-electron chi connectivity index (χ1n) is 32.6. The number of amides is 6. The molecule has 1 fully saturated rings. The highest BCUT2D eigenvalue weighted by Crippen LogP contribution is 2.41. The molecule has 6 amide bonds. The summed E-state index contributed by atoms with van der Waals surface area (Å²) in [6.45, 7) is 4.87. The number of thiazole rings is 6. The molecule has 0 radical (unpaired) electrons. The number of carbonyl (C=O) groups excluding carboxylic acids is 6. The normalized spacial score (nSPS) is 18.1. The number of carboxylic acids is 3. The van der Waals surface area contributed by atoms with E-state index in [1.807, 2.05) is 13.8 Å². The van der Waals surface area contributed by atoms with Gasteiger partial charge in [-0.2, -0.15) is 0 Å². The fourth-order valence-electron chi connectivity index (χ4n) is 11.5. The van der Waals surface area contributed by atoms with Crippen LogP contribution in [0.25, 0.3) is 43.4 Å². The summed E-state index contributed by atoms with van der Waals surface area (Å²) < 4.78 is 11.5. The molecule has 1 aliphatic carbocycles. The summed E-state index contributed by atoms with van der Waals surface area (Å²) in [5.41, 5.74) is 2.22. The number of hydrogen-bond donors (Lipinski definition) is 9. The number of methoxy groups -OCH3 is 1. The smallest absolute Gasteiger partial charge is 0.415 e. The molecule has 8 aromatic rings. The van der Waals surface area contributed by atoms with Crippen LogP contribution < -0.4 is 31.5 Å². The van der Waals surface area contributed by atoms with Crippen LogP contribution in [0, 0.1) is 24.7 Å². The number of aryl methyl sites for hydroxylation is 1. The second kappa shape index (κ2) is 34.6. The van der Waals surface area contributed by atoms with Gasteiger partial charge in [-0.05, 0) is 81.9 Å². The third kappa shape index (κ3) is 19.0. The van der Waals surface area contributed by atoms with Gasteiger partial charge in [0.15, 0.2) is 0 Å². The van der Waals surface area contributed by atoms with Gasteiger partial charge in [0.1, 0.15) is 88.3 Å². The number of nitrogens with one attached hydrogen (secondary N) is 5. The third-order valence-corrected chi connectivity index (χ3v) is 22.7. The summed E-state index contributed by atoms with van der Waals surface area (Å²) in [6, 6.07) is 9.19. The van der Waals surface area contributed by atoms with Crippen molar-refractivity contribution < 1.29 is 73.1 Å². The van der Waals surface area contributed by atoms with Crippen LogP contribution in [-0.2, 0) is 40.1 Å². The average molecular weight is 1490 g/mol. The van der Waals surface area contributed by atoms with Crippen molar-refractivity contribution in [1.29, 1.82) is 0 Å². The van der Waals surface area contributed by atoms with Gasteiger partial charge in [-0.1, -0.05) is 63.4 Å². The molecule has 34 heteroatoms. The summed E-state index contributed by atoms with van der Waals surface area (Å²) in [4.78, 5) is 156. The van der Waals surface area contributed by atoms with Crippen molar-refractivity contribution >= 4 is 127 Å². The van der Waals surface area contributed by atoms with Gasteiger partial charge in [-0.15, -0.1) is 68.0 Å². The molecule has 10 bridgehead atoms. The van der Waals surface area contributed by atoms with E-state index in [1.165, 1.54) is 41.7 Å². The number of aliphatic hydroxyl groups is 1. The number of carbonyl (C=O) groups is 9. The summed E-state index contributed by atoms with van der Waals surface area (Å²) in [5.74, 6) is -7.23. The predicted molar refractivity (Wildman–Crippen MR) is 380 cm³/mol. The van der Waals surface area contributed by atoms with Gasteiger partial charge in [0, 0.05) is 59.1 Å². The number of benzene rings is 1. The molecule has 2 unspecified atom stereocenters. The standard InChI is InChI=1S/C67H75N13O15S6/c1-33(2)50-64-79-53(45(101-64)28-94-5)57(87)69-27-48(82)76-54(55(85)35-14-10-8-11-15-35)63-74-44(31-98-63)61-72-42(29-97-61)52-39(59-73-43(30-96-59)56(86)71-41(26-47(81)68-4)62-78-51(34(3)100-62)58(88)77-50)23-24-40(70-52)60-75-46(32-99-60)80(67(93)95-38-21-19-37(20-22-38)66(91)92)25-13-17-36(65(89)90)16-9-6-7-12-18-49(83)84/h8,10-11,14-15,23-24,29-33,36-38,41,50,54-55,85H,6-7,9,12-13,16-22,25-28H2,1-5H3,(H,68,81)(H,69,87)(H,71,86)(H,76,82)(H,77,88)(H,83,84)(H,89,90)(H,91,92)/t36?,37?,38?,41-,50?,54-,55-/m0/s1. The Morgan fingerprint density at radius 1 is 0.663 bits per heavy atom. The van der Waals surface area contributed by atoms with E-state index in [9.17, 15) is 58.5 Å². The molecular formula is C67H75N13O15S6. The number of anilines is 1. The number of rotatable bonds is 23. The van der Waals surface area contributed by atoms with Gasteiger partial charge >= 0.3 is 24.0 Å². The SMILES string of the molecule is CNC(=O)C[C@@H]1NC(=O)c2csc(n2)-c2ccc(-c3nc(N(CCCC(CCCCCCC(=O)O)C(=O)O)C(=O)OC4CCC(C(=O)O)CC4)cs3)nc2-c2csc(n2)-c2csc(n2)[C@H]([C@@H](O)c2ccccc2)NC(=O)CNC(=O)c2nc(sc2COC)C(C(C)C)NC(=O)c2nc1sc2C. The first-order chi connectivity index (χ1) is 48.5. The van der Waals surface area contributed by atoms with Crippen LogP contribution in [0.5, 0.6) is 0 Å². The highest BCUT2D eigenvalue weighted by molar-refractivity contribution is 7.15. The Hall–Kier alpha value is -8.90. The highest BCUT2D eigenvalue weighted by atomic mass is 32.1. The maximum absolute atomic E-state index is 14.5. The minimum absolute atomic E-state index is 0.0147. The zero-order valence-corrected chi connectivity index (χ0v) is 60.5. The van der Waals surface area contributed by atoms with E-state index in [2.05, 4.69) is 26.6 Å². The lowest BCUT2D eigenvalue weighted by Crippen LogP contribution is -2.40. The van der Waals surface area contributed by atoms with Crippen LogP contribution in [0.15, 0.2) is 64.0 Å². The van der Waals surface area contributed by atoms with Gasteiger partial charge in [0.25, 0.3) is 17.7 Å². The molecule has 10 rings (SSSR count). The largest absolute Gasteiger partial charge is 0.481 e. The van der Waals surface area contributed by atoms with Crippen LogP contribution in [0.4, 0.5) is 10.6 Å². The van der Waals surface area contributed by atoms with Crippen molar-refractivity contribution in [3.63, 3.8) is 0 Å². The number of hydrogen-bond acceptors (Lipinski definition) is 25. The summed E-state index contributed by atoms with van der Waals surface area (Å²) in [7, 11) is 2.91. The van der Waals surface area contributed by atoms with Crippen molar-refractivity contribution in [1.82, 2.24) is 61.5 Å². The summed E-state index contributed by atoms with van der Waals surface area (Å²) in [5, 5.41) is 63.8. The van der Waals surface area contributed by atoms with Crippen LogP contribution in [0.2, 0.25) is 0 Å². The molecule has 1 aliphatic heterocycles. The van der Waals surface area contributed by atoms with Gasteiger partial charge in [0.2, 0.25) is 11.8 Å². The minimum Gasteiger partial charge on any atom is -0.481 e. The lowest BCUT2D eigenvalue weighted by atomic mass is 9.87. The average Bonchev–Trinajstić information content (AvgIpc) is 1.70. The van der Waals surface area contributed by atoms with Gasteiger partial charge in [-0.3, -0.25) is 43.3 Å². The molecule has 534 valence electrons. The summed E-state index contributed by atoms with van der Waals surface area (Å²) in [6.07, 6.45) is 1.62. The Morgan fingerprint density at radius 2 is 1.36 bits per heavy atom.